The summed E-state index contributed by atoms with van der Waals surface area (Å²) in [4.78, 5) is 11.5. The number of esters is 1. The van der Waals surface area contributed by atoms with Crippen molar-refractivity contribution in [3.8, 4) is 0 Å². The molecule has 1 atom stereocenters. The molecule has 8 heteroatoms. The molecule has 1 fully saturated rings. The van der Waals surface area contributed by atoms with E-state index >= 15 is 0 Å². The van der Waals surface area contributed by atoms with Crippen LogP contribution in [0.1, 0.15) is 29.2 Å². The minimum absolute atomic E-state index is 0.0547. The van der Waals surface area contributed by atoms with Crippen molar-refractivity contribution >= 4 is 25.7 Å². The summed E-state index contributed by atoms with van der Waals surface area (Å²) in [6, 6.07) is 1.06. The molecule has 0 N–H and O–H groups in total. The maximum absolute atomic E-state index is 11.7. The van der Waals surface area contributed by atoms with Gasteiger partial charge in [0.15, 0.2) is 0 Å². The van der Waals surface area contributed by atoms with E-state index in [4.69, 9.17) is 24.6 Å². The van der Waals surface area contributed by atoms with Crippen molar-refractivity contribution in [2.75, 3.05) is 13.2 Å². The second-order valence-corrected chi connectivity index (χ2v) is 6.74. The van der Waals surface area contributed by atoms with E-state index in [9.17, 15) is 13.2 Å². The Bertz CT molecular complexity index is 570. The number of furan rings is 1. The average Bonchev–Trinajstić information content (AvgIpc) is 2.93. The second kappa shape index (κ2) is 5.52. The van der Waals surface area contributed by atoms with Crippen LogP contribution in [0, 0.1) is 6.92 Å². The van der Waals surface area contributed by atoms with Gasteiger partial charge >= 0.3 is 5.97 Å². The smallest absolute Gasteiger partial charge is 0.374 e. The summed E-state index contributed by atoms with van der Waals surface area (Å²) in [5.74, 6) is -0.862. The van der Waals surface area contributed by atoms with Gasteiger partial charge in [-0.2, -0.15) is 0 Å². The Morgan fingerprint density at radius 2 is 2.32 bits per heavy atom. The Labute approximate surface area is 115 Å². The van der Waals surface area contributed by atoms with Gasteiger partial charge in [0.2, 0.25) is 5.76 Å². The minimum atomic E-state index is -3.93. The number of hydrogen-bond acceptors (Lipinski definition) is 6. The fourth-order valence-electron chi connectivity index (χ4n) is 1.82. The highest BCUT2D eigenvalue weighted by atomic mass is 35.7. The first-order valence-electron chi connectivity index (χ1n) is 5.72. The molecule has 0 aliphatic carbocycles. The van der Waals surface area contributed by atoms with Crippen LogP contribution in [0.25, 0.3) is 0 Å². The van der Waals surface area contributed by atoms with Crippen molar-refractivity contribution in [3.63, 3.8) is 0 Å². The quantitative estimate of drug-likeness (QED) is 0.623. The van der Waals surface area contributed by atoms with E-state index in [-0.39, 0.29) is 29.1 Å². The SMILES string of the molecule is Cc1oc(C(=O)OCC2CCCO2)cc1S(=O)(=O)Cl. The maximum Gasteiger partial charge on any atom is 0.374 e. The Morgan fingerprint density at radius 3 is 2.84 bits per heavy atom. The van der Waals surface area contributed by atoms with Gasteiger partial charge < -0.3 is 13.9 Å². The van der Waals surface area contributed by atoms with E-state index in [2.05, 4.69) is 0 Å². The van der Waals surface area contributed by atoms with Crippen LogP contribution < -0.4 is 0 Å². The van der Waals surface area contributed by atoms with Crippen LogP contribution in [0.4, 0.5) is 0 Å². The molecule has 2 rings (SSSR count). The maximum atomic E-state index is 11.7. The van der Waals surface area contributed by atoms with Crippen molar-refractivity contribution in [2.45, 2.75) is 30.8 Å². The molecule has 2 heterocycles. The van der Waals surface area contributed by atoms with E-state index in [0.717, 1.165) is 18.9 Å². The fraction of sp³-hybridized carbons (Fsp3) is 0.545. The summed E-state index contributed by atoms with van der Waals surface area (Å²) >= 11 is 0. The number of aryl methyl sites for hydroxylation is 1. The molecule has 19 heavy (non-hydrogen) atoms. The molecule has 0 aromatic carbocycles. The Morgan fingerprint density at radius 1 is 1.58 bits per heavy atom. The topological polar surface area (TPSA) is 82.8 Å². The van der Waals surface area contributed by atoms with Crippen molar-refractivity contribution < 1.29 is 27.1 Å². The van der Waals surface area contributed by atoms with Gasteiger partial charge in [0.1, 0.15) is 17.3 Å². The lowest BCUT2D eigenvalue weighted by Crippen LogP contribution is -2.17. The number of hydrogen-bond donors (Lipinski definition) is 0. The molecule has 1 aliphatic rings. The highest BCUT2D eigenvalue weighted by Crippen LogP contribution is 2.24. The normalized spacial score (nSPS) is 19.6. The molecule has 1 aromatic heterocycles. The van der Waals surface area contributed by atoms with Gasteiger partial charge in [-0.05, 0) is 19.8 Å². The van der Waals surface area contributed by atoms with E-state index in [1.165, 1.54) is 6.92 Å². The van der Waals surface area contributed by atoms with Gasteiger partial charge in [-0.15, -0.1) is 0 Å². The number of carbonyl (C=O) groups excluding carboxylic acids is 1. The van der Waals surface area contributed by atoms with E-state index in [1.54, 1.807) is 0 Å². The van der Waals surface area contributed by atoms with Crippen LogP contribution >= 0.6 is 10.7 Å². The Kier molecular flexibility index (Phi) is 4.17. The van der Waals surface area contributed by atoms with Crippen molar-refractivity contribution in [1.82, 2.24) is 0 Å². The molecule has 0 bridgehead atoms. The molecule has 1 saturated heterocycles. The molecular weight excluding hydrogens is 296 g/mol. The van der Waals surface area contributed by atoms with Gasteiger partial charge in [0.25, 0.3) is 9.05 Å². The zero-order valence-electron chi connectivity index (χ0n) is 10.2. The number of rotatable bonds is 4. The van der Waals surface area contributed by atoms with Crippen LogP contribution in [-0.4, -0.2) is 33.7 Å². The Hall–Kier alpha value is -1.05. The minimum Gasteiger partial charge on any atom is -0.457 e. The molecule has 0 saturated carbocycles. The van der Waals surface area contributed by atoms with Gasteiger partial charge in [-0.3, -0.25) is 0 Å². The molecule has 1 aromatic rings. The molecule has 0 radical (unpaired) electrons. The van der Waals surface area contributed by atoms with Crippen LogP contribution in [-0.2, 0) is 18.5 Å². The highest BCUT2D eigenvalue weighted by Gasteiger charge is 2.24. The Balaban J connectivity index is 2.03. The standard InChI is InChI=1S/C11H13ClO6S/c1-7-10(19(12,14)15)5-9(18-7)11(13)17-6-8-3-2-4-16-8/h5,8H,2-4,6H2,1H3. The van der Waals surface area contributed by atoms with Gasteiger partial charge in [-0.1, -0.05) is 0 Å². The third kappa shape index (κ3) is 3.49. The van der Waals surface area contributed by atoms with E-state index in [0.29, 0.717) is 6.61 Å². The summed E-state index contributed by atoms with van der Waals surface area (Å²) in [7, 11) is 1.27. The van der Waals surface area contributed by atoms with Crippen molar-refractivity contribution in [1.29, 1.82) is 0 Å². The van der Waals surface area contributed by atoms with Crippen LogP contribution in [0.5, 0.6) is 0 Å². The van der Waals surface area contributed by atoms with Gasteiger partial charge in [-0.25, -0.2) is 13.2 Å². The summed E-state index contributed by atoms with van der Waals surface area (Å²) in [6.45, 7) is 2.20. The number of carbonyl (C=O) groups is 1. The molecule has 1 unspecified atom stereocenters. The first-order chi connectivity index (χ1) is 8.88. The first kappa shape index (κ1) is 14.4. The lowest BCUT2D eigenvalue weighted by Gasteiger charge is -2.08. The first-order valence-corrected chi connectivity index (χ1v) is 8.02. The predicted octanol–water partition coefficient (Wildman–Crippen LogP) is 1.85. The summed E-state index contributed by atoms with van der Waals surface area (Å²) in [5, 5.41) is 0. The van der Waals surface area contributed by atoms with Crippen molar-refractivity contribution in [3.05, 3.63) is 17.6 Å². The summed E-state index contributed by atoms with van der Waals surface area (Å²) in [5.41, 5.74) is 0. The second-order valence-electron chi connectivity index (χ2n) is 4.20. The third-order valence-corrected chi connectivity index (χ3v) is 4.19. The summed E-state index contributed by atoms with van der Waals surface area (Å²) < 4.78 is 37.7. The molecular formula is C11H13ClO6S. The lowest BCUT2D eigenvalue weighted by atomic mass is 10.2. The predicted molar refractivity (Wildman–Crippen MR) is 65.7 cm³/mol. The number of halogens is 1. The third-order valence-electron chi connectivity index (χ3n) is 2.76. The lowest BCUT2D eigenvalue weighted by molar-refractivity contribution is 0.0135. The highest BCUT2D eigenvalue weighted by molar-refractivity contribution is 8.13. The zero-order chi connectivity index (χ0) is 14.0. The molecule has 1 aliphatic heterocycles. The zero-order valence-corrected chi connectivity index (χ0v) is 11.8. The van der Waals surface area contributed by atoms with Crippen LogP contribution in [0.2, 0.25) is 0 Å². The van der Waals surface area contributed by atoms with E-state index in [1.807, 2.05) is 0 Å². The molecule has 106 valence electrons. The van der Waals surface area contributed by atoms with Gasteiger partial charge in [0, 0.05) is 23.4 Å². The molecule has 0 amide bonds. The average molecular weight is 309 g/mol. The summed E-state index contributed by atoms with van der Waals surface area (Å²) in [6.07, 6.45) is 1.68. The van der Waals surface area contributed by atoms with E-state index < -0.39 is 15.0 Å². The largest absolute Gasteiger partial charge is 0.457 e. The van der Waals surface area contributed by atoms with Crippen molar-refractivity contribution in [2.24, 2.45) is 0 Å². The fourth-order valence-corrected chi connectivity index (χ4v) is 2.92. The van der Waals surface area contributed by atoms with Crippen LogP contribution in [0.3, 0.4) is 0 Å². The molecule has 6 nitrogen and oxygen atoms in total. The van der Waals surface area contributed by atoms with Crippen LogP contribution in [0.15, 0.2) is 15.4 Å². The monoisotopic (exact) mass is 308 g/mol. The van der Waals surface area contributed by atoms with Gasteiger partial charge in [0.05, 0.1) is 6.10 Å². The molecule has 0 spiro atoms. The number of ether oxygens (including phenoxy) is 2.